The Balaban J connectivity index is 2.02. The SMILES string of the molecule is N#CC(Cc1ccccc1)Nc1ccc(Br)cc1. The van der Waals surface area contributed by atoms with Crippen molar-refractivity contribution in [2.75, 3.05) is 5.32 Å². The van der Waals surface area contributed by atoms with Gasteiger partial charge in [0, 0.05) is 16.6 Å². The van der Waals surface area contributed by atoms with Crippen molar-refractivity contribution < 1.29 is 0 Å². The van der Waals surface area contributed by atoms with E-state index in [1.54, 1.807) is 0 Å². The molecule has 18 heavy (non-hydrogen) atoms. The second kappa shape index (κ2) is 6.23. The van der Waals surface area contributed by atoms with E-state index in [2.05, 4.69) is 27.3 Å². The summed E-state index contributed by atoms with van der Waals surface area (Å²) in [5.74, 6) is 0. The zero-order valence-electron chi connectivity index (χ0n) is 9.81. The molecule has 0 radical (unpaired) electrons. The standard InChI is InChI=1S/C15H13BrN2/c16-13-6-8-14(9-7-13)18-15(11-17)10-12-4-2-1-3-5-12/h1-9,15,18H,10H2. The molecule has 0 aromatic heterocycles. The molecule has 2 rings (SSSR count). The topological polar surface area (TPSA) is 35.8 Å². The molecule has 2 aromatic rings. The first-order chi connectivity index (χ1) is 8.78. The molecule has 2 nitrogen and oxygen atoms in total. The predicted molar refractivity (Wildman–Crippen MR) is 77.3 cm³/mol. The fraction of sp³-hybridized carbons (Fsp3) is 0.133. The fourth-order valence-corrected chi connectivity index (χ4v) is 1.99. The molecule has 90 valence electrons. The lowest BCUT2D eigenvalue weighted by molar-refractivity contribution is 0.876. The molecular formula is C15H13BrN2. The maximum atomic E-state index is 9.18. The fourth-order valence-electron chi connectivity index (χ4n) is 1.73. The van der Waals surface area contributed by atoms with E-state index in [9.17, 15) is 5.26 Å². The highest BCUT2D eigenvalue weighted by molar-refractivity contribution is 9.10. The molecule has 0 saturated heterocycles. The van der Waals surface area contributed by atoms with Gasteiger partial charge in [-0.2, -0.15) is 5.26 Å². The van der Waals surface area contributed by atoms with Gasteiger partial charge in [-0.1, -0.05) is 46.3 Å². The highest BCUT2D eigenvalue weighted by atomic mass is 79.9. The van der Waals surface area contributed by atoms with Crippen LogP contribution in [0.1, 0.15) is 5.56 Å². The van der Waals surface area contributed by atoms with Crippen LogP contribution < -0.4 is 5.32 Å². The third-order valence-corrected chi connectivity index (χ3v) is 3.15. The molecule has 0 aliphatic rings. The number of nitriles is 1. The first-order valence-electron chi connectivity index (χ1n) is 5.73. The van der Waals surface area contributed by atoms with Gasteiger partial charge in [0.05, 0.1) is 6.07 Å². The average molecular weight is 301 g/mol. The summed E-state index contributed by atoms with van der Waals surface area (Å²) in [6.07, 6.45) is 0.702. The van der Waals surface area contributed by atoms with Gasteiger partial charge in [0.1, 0.15) is 6.04 Å². The van der Waals surface area contributed by atoms with Gasteiger partial charge >= 0.3 is 0 Å². The van der Waals surface area contributed by atoms with E-state index < -0.39 is 0 Å². The molecule has 0 spiro atoms. The van der Waals surface area contributed by atoms with Crippen LogP contribution in [0.3, 0.4) is 0 Å². The van der Waals surface area contributed by atoms with Crippen molar-refractivity contribution in [1.82, 2.24) is 0 Å². The summed E-state index contributed by atoms with van der Waals surface area (Å²) < 4.78 is 1.03. The molecule has 2 aromatic carbocycles. The number of anilines is 1. The van der Waals surface area contributed by atoms with Crippen molar-refractivity contribution in [3.8, 4) is 6.07 Å². The lowest BCUT2D eigenvalue weighted by Crippen LogP contribution is -2.19. The largest absolute Gasteiger partial charge is 0.370 e. The van der Waals surface area contributed by atoms with Crippen molar-refractivity contribution in [2.24, 2.45) is 0 Å². The minimum absolute atomic E-state index is 0.214. The van der Waals surface area contributed by atoms with Gasteiger partial charge in [-0.15, -0.1) is 0 Å². The Morgan fingerprint density at radius 2 is 1.72 bits per heavy atom. The molecule has 0 fully saturated rings. The molecule has 3 heteroatoms. The van der Waals surface area contributed by atoms with Gasteiger partial charge in [-0.3, -0.25) is 0 Å². The summed E-state index contributed by atoms with van der Waals surface area (Å²) in [5.41, 5.74) is 2.12. The number of nitrogens with one attached hydrogen (secondary N) is 1. The summed E-state index contributed by atoms with van der Waals surface area (Å²) in [5, 5.41) is 12.4. The number of hydrogen-bond donors (Lipinski definition) is 1. The minimum atomic E-state index is -0.214. The van der Waals surface area contributed by atoms with E-state index in [0.717, 1.165) is 15.7 Å². The third-order valence-electron chi connectivity index (χ3n) is 2.62. The number of rotatable bonds is 4. The van der Waals surface area contributed by atoms with E-state index in [-0.39, 0.29) is 6.04 Å². The molecule has 0 heterocycles. The first-order valence-corrected chi connectivity index (χ1v) is 6.53. The number of hydrogen-bond acceptors (Lipinski definition) is 2. The second-order valence-electron chi connectivity index (χ2n) is 4.02. The summed E-state index contributed by atoms with van der Waals surface area (Å²) in [6.45, 7) is 0. The highest BCUT2D eigenvalue weighted by Crippen LogP contribution is 2.16. The Kier molecular flexibility index (Phi) is 4.38. The highest BCUT2D eigenvalue weighted by Gasteiger charge is 2.07. The lowest BCUT2D eigenvalue weighted by Gasteiger charge is -2.13. The summed E-state index contributed by atoms with van der Waals surface area (Å²) in [7, 11) is 0. The zero-order chi connectivity index (χ0) is 12.8. The van der Waals surface area contributed by atoms with Crippen LogP contribution in [0.15, 0.2) is 59.1 Å². The van der Waals surface area contributed by atoms with Crippen molar-refractivity contribution in [3.05, 3.63) is 64.6 Å². The normalized spacial score (nSPS) is 11.6. The van der Waals surface area contributed by atoms with Gasteiger partial charge in [0.15, 0.2) is 0 Å². The summed E-state index contributed by atoms with van der Waals surface area (Å²) in [4.78, 5) is 0. The Hall–Kier alpha value is -1.79. The maximum absolute atomic E-state index is 9.18. The number of nitrogens with zero attached hydrogens (tertiary/aromatic N) is 1. The molecular weight excluding hydrogens is 288 g/mol. The summed E-state index contributed by atoms with van der Waals surface area (Å²) >= 11 is 3.39. The molecule has 1 N–H and O–H groups in total. The Bertz CT molecular complexity index is 529. The Morgan fingerprint density at radius 3 is 2.33 bits per heavy atom. The van der Waals surface area contributed by atoms with E-state index in [4.69, 9.17) is 0 Å². The molecule has 0 amide bonds. The van der Waals surface area contributed by atoms with E-state index in [1.807, 2.05) is 54.6 Å². The zero-order valence-corrected chi connectivity index (χ0v) is 11.4. The maximum Gasteiger partial charge on any atom is 0.118 e. The third kappa shape index (κ3) is 3.61. The van der Waals surface area contributed by atoms with Crippen molar-refractivity contribution in [3.63, 3.8) is 0 Å². The molecule has 1 atom stereocenters. The van der Waals surface area contributed by atoms with Crippen molar-refractivity contribution >= 4 is 21.6 Å². The Labute approximate surface area is 115 Å². The molecule has 0 aliphatic carbocycles. The van der Waals surface area contributed by atoms with Gasteiger partial charge < -0.3 is 5.32 Å². The van der Waals surface area contributed by atoms with Crippen LogP contribution in [0.25, 0.3) is 0 Å². The predicted octanol–water partition coefficient (Wildman–Crippen LogP) is 4.00. The van der Waals surface area contributed by atoms with Crippen LogP contribution in [0, 0.1) is 11.3 Å². The van der Waals surface area contributed by atoms with Gasteiger partial charge in [0.25, 0.3) is 0 Å². The van der Waals surface area contributed by atoms with Crippen LogP contribution in [0.4, 0.5) is 5.69 Å². The average Bonchev–Trinajstić information content (AvgIpc) is 2.41. The first kappa shape index (κ1) is 12.7. The smallest absolute Gasteiger partial charge is 0.118 e. The van der Waals surface area contributed by atoms with Gasteiger partial charge in [0.2, 0.25) is 0 Å². The lowest BCUT2D eigenvalue weighted by atomic mass is 10.1. The quantitative estimate of drug-likeness (QED) is 0.926. The Morgan fingerprint density at radius 1 is 1.06 bits per heavy atom. The van der Waals surface area contributed by atoms with E-state index >= 15 is 0 Å². The molecule has 1 unspecified atom stereocenters. The number of benzene rings is 2. The van der Waals surface area contributed by atoms with E-state index in [1.165, 1.54) is 0 Å². The van der Waals surface area contributed by atoms with Crippen LogP contribution in [-0.4, -0.2) is 6.04 Å². The van der Waals surface area contributed by atoms with Gasteiger partial charge in [-0.25, -0.2) is 0 Å². The van der Waals surface area contributed by atoms with Crippen molar-refractivity contribution in [1.29, 1.82) is 5.26 Å². The molecule has 0 aliphatic heterocycles. The number of halogens is 1. The molecule has 0 saturated carbocycles. The minimum Gasteiger partial charge on any atom is -0.370 e. The van der Waals surface area contributed by atoms with E-state index in [0.29, 0.717) is 6.42 Å². The summed E-state index contributed by atoms with van der Waals surface area (Å²) in [6, 6.07) is 19.9. The van der Waals surface area contributed by atoms with Crippen LogP contribution in [0.2, 0.25) is 0 Å². The second-order valence-corrected chi connectivity index (χ2v) is 4.94. The monoisotopic (exact) mass is 300 g/mol. The van der Waals surface area contributed by atoms with Crippen LogP contribution in [0.5, 0.6) is 0 Å². The van der Waals surface area contributed by atoms with Crippen LogP contribution >= 0.6 is 15.9 Å². The molecule has 0 bridgehead atoms. The van der Waals surface area contributed by atoms with Crippen molar-refractivity contribution in [2.45, 2.75) is 12.5 Å². The van der Waals surface area contributed by atoms with Gasteiger partial charge in [-0.05, 0) is 29.8 Å². The van der Waals surface area contributed by atoms with Crippen LogP contribution in [-0.2, 0) is 6.42 Å².